The van der Waals surface area contributed by atoms with Crippen LogP contribution in [-0.2, 0) is 16.0 Å². The molecule has 5 nitrogen and oxygen atoms in total. The molecule has 0 spiro atoms. The monoisotopic (exact) mass is 345 g/mol. The molecule has 136 valence electrons. The predicted octanol–water partition coefficient (Wildman–Crippen LogP) is 2.95. The summed E-state index contributed by atoms with van der Waals surface area (Å²) in [6, 6.07) is 6.40. The van der Waals surface area contributed by atoms with Crippen LogP contribution in [0, 0.1) is 0 Å². The van der Waals surface area contributed by atoms with Gasteiger partial charge in [-0.3, -0.25) is 4.79 Å². The Labute approximate surface area is 149 Å². The number of carbonyl (C=O) groups excluding carboxylic acids is 1. The highest BCUT2D eigenvalue weighted by atomic mass is 16.6. The van der Waals surface area contributed by atoms with Crippen LogP contribution in [0.4, 0.5) is 0 Å². The fourth-order valence-corrected chi connectivity index (χ4v) is 4.24. The first-order valence-electron chi connectivity index (χ1n) is 9.61. The summed E-state index contributed by atoms with van der Waals surface area (Å²) in [7, 11) is 0. The van der Waals surface area contributed by atoms with E-state index in [2.05, 4.69) is 11.0 Å². The Morgan fingerprint density at radius 3 is 2.84 bits per heavy atom. The van der Waals surface area contributed by atoms with Crippen LogP contribution in [0.5, 0.6) is 11.5 Å². The Balaban J connectivity index is 1.30. The minimum Gasteiger partial charge on any atom is -0.486 e. The Bertz CT molecular complexity index is 616. The zero-order chi connectivity index (χ0) is 17.1. The van der Waals surface area contributed by atoms with Crippen molar-refractivity contribution in [3.63, 3.8) is 0 Å². The van der Waals surface area contributed by atoms with E-state index in [4.69, 9.17) is 14.2 Å². The molecule has 1 amide bonds. The Kier molecular flexibility index (Phi) is 5.11. The molecule has 2 heterocycles. The summed E-state index contributed by atoms with van der Waals surface area (Å²) in [5.74, 6) is 1.94. The molecular weight excluding hydrogens is 318 g/mol. The van der Waals surface area contributed by atoms with Crippen molar-refractivity contribution in [2.45, 2.75) is 57.1 Å². The molecule has 0 radical (unpaired) electrons. The first-order chi connectivity index (χ1) is 12.3. The van der Waals surface area contributed by atoms with Gasteiger partial charge in [0, 0.05) is 13.0 Å². The van der Waals surface area contributed by atoms with Gasteiger partial charge in [0.15, 0.2) is 11.5 Å². The largest absolute Gasteiger partial charge is 0.486 e. The van der Waals surface area contributed by atoms with Crippen molar-refractivity contribution in [3.05, 3.63) is 23.8 Å². The number of hydrogen-bond donors (Lipinski definition) is 0. The molecule has 5 heteroatoms. The van der Waals surface area contributed by atoms with Crippen LogP contribution >= 0.6 is 0 Å². The van der Waals surface area contributed by atoms with Crippen molar-refractivity contribution >= 4 is 5.91 Å². The van der Waals surface area contributed by atoms with Gasteiger partial charge in [-0.25, -0.2) is 0 Å². The second-order valence-electron chi connectivity index (χ2n) is 7.18. The molecule has 1 saturated heterocycles. The maximum absolute atomic E-state index is 12.7. The number of nitrogens with zero attached hydrogens (tertiary/aromatic N) is 1. The maximum Gasteiger partial charge on any atom is 0.222 e. The topological polar surface area (TPSA) is 48.0 Å². The van der Waals surface area contributed by atoms with Crippen molar-refractivity contribution < 1.29 is 19.0 Å². The van der Waals surface area contributed by atoms with Crippen molar-refractivity contribution in [2.75, 3.05) is 26.4 Å². The van der Waals surface area contributed by atoms with Gasteiger partial charge in [0.25, 0.3) is 0 Å². The fourth-order valence-electron chi connectivity index (χ4n) is 4.24. The van der Waals surface area contributed by atoms with E-state index in [1.54, 1.807) is 0 Å². The molecule has 2 atom stereocenters. The van der Waals surface area contributed by atoms with E-state index in [9.17, 15) is 4.79 Å². The Hall–Kier alpha value is -1.75. The molecule has 25 heavy (non-hydrogen) atoms. The van der Waals surface area contributed by atoms with Gasteiger partial charge in [0.1, 0.15) is 13.2 Å². The standard InChI is InChI=1S/C20H27NO4/c22-20(21-10-11-23-17-6-2-1-5-16(17)21)7-3-4-15-8-9-18-19(14-15)25-13-12-24-18/h8-9,14,16-17H,1-7,10-13H2. The lowest BCUT2D eigenvalue weighted by Gasteiger charge is -2.43. The highest BCUT2D eigenvalue weighted by Crippen LogP contribution is 2.32. The maximum atomic E-state index is 12.7. The Morgan fingerprint density at radius 2 is 1.92 bits per heavy atom. The van der Waals surface area contributed by atoms with Crippen LogP contribution in [-0.4, -0.2) is 49.3 Å². The smallest absolute Gasteiger partial charge is 0.222 e. The van der Waals surface area contributed by atoms with E-state index in [1.165, 1.54) is 18.4 Å². The van der Waals surface area contributed by atoms with Gasteiger partial charge < -0.3 is 19.1 Å². The van der Waals surface area contributed by atoms with Crippen LogP contribution in [0.25, 0.3) is 0 Å². The van der Waals surface area contributed by atoms with Crippen LogP contribution < -0.4 is 9.47 Å². The van der Waals surface area contributed by atoms with E-state index in [1.807, 2.05) is 12.1 Å². The van der Waals surface area contributed by atoms with Gasteiger partial charge in [0.2, 0.25) is 5.91 Å². The number of rotatable bonds is 4. The molecule has 2 fully saturated rings. The zero-order valence-electron chi connectivity index (χ0n) is 14.7. The van der Waals surface area contributed by atoms with Crippen molar-refractivity contribution in [3.8, 4) is 11.5 Å². The van der Waals surface area contributed by atoms with E-state index >= 15 is 0 Å². The average Bonchev–Trinajstić information content (AvgIpc) is 2.67. The lowest BCUT2D eigenvalue weighted by atomic mass is 9.90. The van der Waals surface area contributed by atoms with E-state index in [-0.39, 0.29) is 12.0 Å². The van der Waals surface area contributed by atoms with Crippen LogP contribution in [0.1, 0.15) is 44.1 Å². The van der Waals surface area contributed by atoms with Gasteiger partial charge in [-0.1, -0.05) is 18.9 Å². The predicted molar refractivity (Wildman–Crippen MR) is 94.1 cm³/mol. The Morgan fingerprint density at radius 1 is 1.08 bits per heavy atom. The molecular formula is C20H27NO4. The molecule has 4 rings (SSSR count). The van der Waals surface area contributed by atoms with E-state index in [0.717, 1.165) is 43.7 Å². The second kappa shape index (κ2) is 7.65. The number of hydrogen-bond acceptors (Lipinski definition) is 4. The van der Waals surface area contributed by atoms with E-state index < -0.39 is 0 Å². The third-order valence-corrected chi connectivity index (χ3v) is 5.52. The second-order valence-corrected chi connectivity index (χ2v) is 7.18. The molecule has 1 aliphatic carbocycles. The van der Waals surface area contributed by atoms with Gasteiger partial charge in [-0.15, -0.1) is 0 Å². The highest BCUT2D eigenvalue weighted by molar-refractivity contribution is 5.76. The van der Waals surface area contributed by atoms with Gasteiger partial charge in [-0.2, -0.15) is 0 Å². The number of amides is 1. The summed E-state index contributed by atoms with van der Waals surface area (Å²) in [4.78, 5) is 14.8. The normalized spacial score (nSPS) is 25.4. The average molecular weight is 345 g/mol. The highest BCUT2D eigenvalue weighted by Gasteiger charge is 2.36. The number of ether oxygens (including phenoxy) is 3. The van der Waals surface area contributed by atoms with Crippen LogP contribution in [0.15, 0.2) is 18.2 Å². The van der Waals surface area contributed by atoms with Gasteiger partial charge >= 0.3 is 0 Å². The lowest BCUT2D eigenvalue weighted by molar-refractivity contribution is -0.149. The fraction of sp³-hybridized carbons (Fsp3) is 0.650. The van der Waals surface area contributed by atoms with Crippen molar-refractivity contribution in [2.24, 2.45) is 0 Å². The summed E-state index contributed by atoms with van der Waals surface area (Å²) in [5.41, 5.74) is 1.20. The molecule has 2 aliphatic heterocycles. The third kappa shape index (κ3) is 3.76. The van der Waals surface area contributed by atoms with Crippen LogP contribution in [0.3, 0.4) is 0 Å². The first kappa shape index (κ1) is 16.7. The molecule has 0 aromatic heterocycles. The minimum atomic E-state index is 0.268. The third-order valence-electron chi connectivity index (χ3n) is 5.52. The molecule has 0 N–H and O–H groups in total. The molecule has 1 saturated carbocycles. The number of benzene rings is 1. The molecule has 3 aliphatic rings. The minimum absolute atomic E-state index is 0.268. The lowest BCUT2D eigenvalue weighted by Crippen LogP contribution is -2.54. The van der Waals surface area contributed by atoms with Gasteiger partial charge in [-0.05, 0) is 43.4 Å². The summed E-state index contributed by atoms with van der Waals surface area (Å²) in [6.07, 6.45) is 7.28. The summed E-state index contributed by atoms with van der Waals surface area (Å²) >= 11 is 0. The number of aryl methyl sites for hydroxylation is 1. The molecule has 0 bridgehead atoms. The zero-order valence-corrected chi connectivity index (χ0v) is 14.7. The first-order valence-corrected chi connectivity index (χ1v) is 9.61. The van der Waals surface area contributed by atoms with E-state index in [0.29, 0.717) is 32.3 Å². The summed E-state index contributed by atoms with van der Waals surface area (Å²) in [6.45, 7) is 2.66. The van der Waals surface area contributed by atoms with Crippen molar-refractivity contribution in [1.29, 1.82) is 0 Å². The number of morpholine rings is 1. The van der Waals surface area contributed by atoms with Crippen molar-refractivity contribution in [1.82, 2.24) is 4.90 Å². The number of carbonyl (C=O) groups is 1. The van der Waals surface area contributed by atoms with Gasteiger partial charge in [0.05, 0.1) is 18.8 Å². The molecule has 1 aromatic carbocycles. The molecule has 1 aromatic rings. The SMILES string of the molecule is O=C(CCCc1ccc2c(c1)OCCO2)N1CCOC2CCCCC21. The van der Waals surface area contributed by atoms with Crippen LogP contribution in [0.2, 0.25) is 0 Å². The summed E-state index contributed by atoms with van der Waals surface area (Å²) in [5, 5.41) is 0. The summed E-state index contributed by atoms with van der Waals surface area (Å²) < 4.78 is 17.1. The quantitative estimate of drug-likeness (QED) is 0.842. The molecule has 2 unspecified atom stereocenters. The number of fused-ring (bicyclic) bond motifs is 2.